The van der Waals surface area contributed by atoms with Crippen LogP contribution in [0.15, 0.2) is 42.6 Å². The van der Waals surface area contributed by atoms with E-state index in [0.717, 1.165) is 11.4 Å². The predicted molar refractivity (Wildman–Crippen MR) is 87.9 cm³/mol. The van der Waals surface area contributed by atoms with Gasteiger partial charge in [0.1, 0.15) is 11.8 Å². The van der Waals surface area contributed by atoms with E-state index < -0.39 is 6.04 Å². The molecule has 7 heteroatoms. The Morgan fingerprint density at radius 1 is 1.21 bits per heavy atom. The minimum Gasteiger partial charge on any atom is -0.497 e. The van der Waals surface area contributed by atoms with Crippen molar-refractivity contribution < 1.29 is 14.3 Å². The van der Waals surface area contributed by atoms with E-state index >= 15 is 0 Å². The van der Waals surface area contributed by atoms with Gasteiger partial charge in [0.05, 0.1) is 7.11 Å². The first-order valence-electron chi connectivity index (χ1n) is 7.66. The number of methoxy groups -OCH3 is 1. The summed E-state index contributed by atoms with van der Waals surface area (Å²) in [4.78, 5) is 28.4. The average Bonchev–Trinajstić information content (AvgIpc) is 2.64. The summed E-state index contributed by atoms with van der Waals surface area (Å²) in [5.74, 6) is 0.331. The molecule has 1 aliphatic heterocycles. The zero-order valence-electron chi connectivity index (χ0n) is 13.5. The third kappa shape index (κ3) is 2.92. The van der Waals surface area contributed by atoms with Crippen molar-refractivity contribution in [3.05, 3.63) is 48.3 Å². The van der Waals surface area contributed by atoms with E-state index in [1.165, 1.54) is 11.1 Å². The van der Waals surface area contributed by atoms with Crippen LogP contribution in [0.4, 0.5) is 5.69 Å². The molecule has 0 unspecified atom stereocenters. The van der Waals surface area contributed by atoms with Crippen LogP contribution >= 0.6 is 0 Å². The number of amides is 2. The number of aromatic nitrogens is 2. The summed E-state index contributed by atoms with van der Waals surface area (Å²) < 4.78 is 5.13. The van der Waals surface area contributed by atoms with Crippen molar-refractivity contribution in [1.82, 2.24) is 15.1 Å². The van der Waals surface area contributed by atoms with Crippen LogP contribution in [0.3, 0.4) is 0 Å². The molecule has 0 radical (unpaired) electrons. The summed E-state index contributed by atoms with van der Waals surface area (Å²) in [5, 5.41) is 7.55. The van der Waals surface area contributed by atoms with Crippen LogP contribution in [0.25, 0.3) is 0 Å². The van der Waals surface area contributed by atoms with Crippen LogP contribution in [0, 0.1) is 0 Å². The van der Waals surface area contributed by atoms with Crippen molar-refractivity contribution >= 4 is 17.5 Å². The fourth-order valence-corrected chi connectivity index (χ4v) is 2.73. The molecule has 1 aromatic heterocycles. The second kappa shape index (κ2) is 6.66. The van der Waals surface area contributed by atoms with E-state index in [-0.39, 0.29) is 17.5 Å². The van der Waals surface area contributed by atoms with E-state index in [4.69, 9.17) is 4.74 Å². The third-order valence-electron chi connectivity index (χ3n) is 4.09. The highest BCUT2D eigenvalue weighted by Crippen LogP contribution is 2.23. The number of ether oxygens (including phenoxy) is 1. The Kier molecular flexibility index (Phi) is 4.41. The van der Waals surface area contributed by atoms with E-state index in [1.807, 2.05) is 24.3 Å². The zero-order valence-corrected chi connectivity index (χ0v) is 13.5. The Morgan fingerprint density at radius 2 is 1.96 bits per heavy atom. The molecular weight excluding hydrogens is 308 g/mol. The molecule has 1 fully saturated rings. The number of rotatable bonds is 3. The molecule has 0 spiro atoms. The van der Waals surface area contributed by atoms with E-state index in [0.29, 0.717) is 13.1 Å². The maximum atomic E-state index is 12.7. The fourth-order valence-electron chi connectivity index (χ4n) is 2.73. The van der Waals surface area contributed by atoms with Crippen molar-refractivity contribution in [3.8, 4) is 5.75 Å². The van der Waals surface area contributed by atoms with E-state index in [2.05, 4.69) is 10.2 Å². The molecule has 1 aromatic carbocycles. The molecule has 0 aliphatic carbocycles. The van der Waals surface area contributed by atoms with Crippen LogP contribution in [-0.4, -0.2) is 53.2 Å². The first-order chi connectivity index (χ1) is 11.6. The minimum absolute atomic E-state index is 0.122. The van der Waals surface area contributed by atoms with Gasteiger partial charge in [-0.15, -0.1) is 5.10 Å². The van der Waals surface area contributed by atoms with Gasteiger partial charge in [-0.3, -0.25) is 9.59 Å². The topological polar surface area (TPSA) is 75.6 Å². The molecule has 7 nitrogen and oxygen atoms in total. The smallest absolute Gasteiger partial charge is 0.275 e. The standard InChI is InChI=1S/C17H18N4O3/c1-12-16(22)21(13-5-7-14(24-2)8-6-13)11-10-20(12)17(23)15-4-3-9-18-19-15/h3-9,12H,10-11H2,1-2H3/t12-/m0/s1. The van der Waals surface area contributed by atoms with Gasteiger partial charge < -0.3 is 14.5 Å². The Labute approximate surface area is 139 Å². The highest BCUT2D eigenvalue weighted by atomic mass is 16.5. The van der Waals surface area contributed by atoms with Gasteiger partial charge in [0, 0.05) is 25.0 Å². The van der Waals surface area contributed by atoms with Gasteiger partial charge in [-0.05, 0) is 43.3 Å². The maximum absolute atomic E-state index is 12.7. The molecule has 24 heavy (non-hydrogen) atoms. The Bertz CT molecular complexity index is 733. The predicted octanol–water partition coefficient (Wildman–Crippen LogP) is 1.36. The number of nitrogens with zero attached hydrogens (tertiary/aromatic N) is 4. The Morgan fingerprint density at radius 3 is 2.58 bits per heavy atom. The average molecular weight is 326 g/mol. The van der Waals surface area contributed by atoms with E-state index in [9.17, 15) is 9.59 Å². The van der Waals surface area contributed by atoms with Crippen molar-refractivity contribution in [2.45, 2.75) is 13.0 Å². The molecule has 1 aliphatic rings. The summed E-state index contributed by atoms with van der Waals surface area (Å²) in [6.45, 7) is 2.60. The van der Waals surface area contributed by atoms with Crippen LogP contribution < -0.4 is 9.64 Å². The van der Waals surface area contributed by atoms with Gasteiger partial charge in [0.15, 0.2) is 5.69 Å². The fraction of sp³-hybridized carbons (Fsp3) is 0.294. The van der Waals surface area contributed by atoms with Crippen LogP contribution in [0.5, 0.6) is 5.75 Å². The lowest BCUT2D eigenvalue weighted by Crippen LogP contribution is -2.57. The molecule has 3 rings (SSSR count). The van der Waals surface area contributed by atoms with Crippen molar-refractivity contribution in [3.63, 3.8) is 0 Å². The monoisotopic (exact) mass is 326 g/mol. The summed E-state index contributed by atoms with van der Waals surface area (Å²) in [6, 6.07) is 9.99. The van der Waals surface area contributed by atoms with Gasteiger partial charge >= 0.3 is 0 Å². The van der Waals surface area contributed by atoms with Crippen molar-refractivity contribution in [2.24, 2.45) is 0 Å². The van der Waals surface area contributed by atoms with Crippen LogP contribution in [-0.2, 0) is 4.79 Å². The normalized spacial score (nSPS) is 17.8. The second-order valence-electron chi connectivity index (χ2n) is 5.47. The number of carbonyl (C=O) groups excluding carboxylic acids is 2. The number of piperazine rings is 1. The number of carbonyl (C=O) groups is 2. The summed E-state index contributed by atoms with van der Waals surface area (Å²) in [5.41, 5.74) is 1.04. The van der Waals surface area contributed by atoms with Gasteiger partial charge in [-0.1, -0.05) is 0 Å². The SMILES string of the molecule is COc1ccc(N2CCN(C(=O)c3cccnn3)[C@@H](C)C2=O)cc1. The molecule has 1 saturated heterocycles. The quantitative estimate of drug-likeness (QED) is 0.851. The molecule has 1 atom stereocenters. The van der Waals surface area contributed by atoms with Gasteiger partial charge in [-0.25, -0.2) is 0 Å². The van der Waals surface area contributed by atoms with Crippen LogP contribution in [0.2, 0.25) is 0 Å². The molecule has 0 bridgehead atoms. The lowest BCUT2D eigenvalue weighted by molar-refractivity contribution is -0.124. The number of hydrogen-bond donors (Lipinski definition) is 0. The van der Waals surface area contributed by atoms with Crippen molar-refractivity contribution in [2.75, 3.05) is 25.1 Å². The summed E-state index contributed by atoms with van der Waals surface area (Å²) in [6.07, 6.45) is 1.51. The van der Waals surface area contributed by atoms with Gasteiger partial charge in [0.25, 0.3) is 5.91 Å². The molecule has 124 valence electrons. The maximum Gasteiger partial charge on any atom is 0.275 e. The summed E-state index contributed by atoms with van der Waals surface area (Å²) in [7, 11) is 1.60. The first-order valence-corrected chi connectivity index (χ1v) is 7.66. The van der Waals surface area contributed by atoms with Gasteiger partial charge in [0.2, 0.25) is 5.91 Å². The molecule has 2 heterocycles. The van der Waals surface area contributed by atoms with Gasteiger partial charge in [-0.2, -0.15) is 5.10 Å². The molecule has 0 N–H and O–H groups in total. The van der Waals surface area contributed by atoms with Crippen molar-refractivity contribution in [1.29, 1.82) is 0 Å². The molecule has 0 saturated carbocycles. The number of benzene rings is 1. The molecular formula is C17H18N4O3. The minimum atomic E-state index is -0.560. The first kappa shape index (κ1) is 15.9. The second-order valence-corrected chi connectivity index (χ2v) is 5.47. The third-order valence-corrected chi connectivity index (χ3v) is 4.09. The number of hydrogen-bond acceptors (Lipinski definition) is 5. The highest BCUT2D eigenvalue weighted by Gasteiger charge is 2.35. The lowest BCUT2D eigenvalue weighted by Gasteiger charge is -2.38. The largest absolute Gasteiger partial charge is 0.497 e. The molecule has 2 amide bonds. The zero-order chi connectivity index (χ0) is 17.1. The van der Waals surface area contributed by atoms with Crippen LogP contribution in [0.1, 0.15) is 17.4 Å². The van der Waals surface area contributed by atoms with E-state index in [1.54, 1.807) is 31.1 Å². The lowest BCUT2D eigenvalue weighted by atomic mass is 10.1. The number of anilines is 1. The Hall–Kier alpha value is -2.96. The highest BCUT2D eigenvalue weighted by molar-refractivity contribution is 6.02. The summed E-state index contributed by atoms with van der Waals surface area (Å²) >= 11 is 0. The molecule has 2 aromatic rings. The Balaban J connectivity index is 1.77.